The summed E-state index contributed by atoms with van der Waals surface area (Å²) in [5.74, 6) is 1.21. The molecule has 0 spiro atoms. The van der Waals surface area contributed by atoms with Crippen molar-refractivity contribution in [2.75, 3.05) is 0 Å². The zero-order chi connectivity index (χ0) is 10.6. The van der Waals surface area contributed by atoms with E-state index in [1.807, 2.05) is 6.26 Å². The molecule has 1 aromatic heterocycles. The standard InChI is InChI=1S/C13H20O/c1-9-8-14-11-10(9)12(2,3)6-7-13(11,4)5/h8H,6-7H2,1-5H3. The van der Waals surface area contributed by atoms with E-state index in [2.05, 4.69) is 34.6 Å². The van der Waals surface area contributed by atoms with Crippen LogP contribution in [0.3, 0.4) is 0 Å². The van der Waals surface area contributed by atoms with Gasteiger partial charge in [-0.3, -0.25) is 0 Å². The highest BCUT2D eigenvalue weighted by molar-refractivity contribution is 5.40. The van der Waals surface area contributed by atoms with Gasteiger partial charge in [0.1, 0.15) is 5.76 Å². The summed E-state index contributed by atoms with van der Waals surface area (Å²) < 4.78 is 5.74. The minimum absolute atomic E-state index is 0.221. The van der Waals surface area contributed by atoms with Crippen molar-refractivity contribution in [3.8, 4) is 0 Å². The predicted molar refractivity (Wildman–Crippen MR) is 58.7 cm³/mol. The van der Waals surface area contributed by atoms with E-state index in [1.165, 1.54) is 29.7 Å². The Morgan fingerprint density at radius 2 is 1.64 bits per heavy atom. The highest BCUT2D eigenvalue weighted by Crippen LogP contribution is 2.47. The molecule has 0 aromatic carbocycles. The molecule has 14 heavy (non-hydrogen) atoms. The molecule has 0 fully saturated rings. The van der Waals surface area contributed by atoms with E-state index in [0.717, 1.165) is 0 Å². The van der Waals surface area contributed by atoms with Crippen LogP contribution in [0.1, 0.15) is 57.4 Å². The van der Waals surface area contributed by atoms with Gasteiger partial charge in [0.2, 0.25) is 0 Å². The van der Waals surface area contributed by atoms with Crippen molar-refractivity contribution >= 4 is 0 Å². The first-order valence-electron chi connectivity index (χ1n) is 5.44. The Kier molecular flexibility index (Phi) is 1.86. The first-order valence-corrected chi connectivity index (χ1v) is 5.44. The first-order chi connectivity index (χ1) is 6.34. The summed E-state index contributed by atoms with van der Waals surface area (Å²) in [5, 5.41) is 0. The Balaban J connectivity index is 2.64. The summed E-state index contributed by atoms with van der Waals surface area (Å²) in [6, 6.07) is 0. The third-order valence-electron chi connectivity index (χ3n) is 3.64. The molecule has 2 rings (SSSR count). The molecule has 0 unspecified atom stereocenters. The molecule has 0 aliphatic heterocycles. The molecule has 0 radical (unpaired) electrons. The summed E-state index contributed by atoms with van der Waals surface area (Å²) in [6.45, 7) is 11.4. The molecule has 0 saturated carbocycles. The minimum Gasteiger partial charge on any atom is -0.468 e. The Morgan fingerprint density at radius 1 is 1.07 bits per heavy atom. The lowest BCUT2D eigenvalue weighted by Crippen LogP contribution is -2.33. The number of rotatable bonds is 0. The van der Waals surface area contributed by atoms with Crippen LogP contribution in [0.15, 0.2) is 10.7 Å². The maximum absolute atomic E-state index is 5.74. The quantitative estimate of drug-likeness (QED) is 0.607. The Hall–Kier alpha value is -0.720. The largest absolute Gasteiger partial charge is 0.468 e. The van der Waals surface area contributed by atoms with Crippen molar-refractivity contribution in [3.63, 3.8) is 0 Å². The van der Waals surface area contributed by atoms with E-state index < -0.39 is 0 Å². The summed E-state index contributed by atoms with van der Waals surface area (Å²) in [6.07, 6.45) is 4.40. The molecule has 0 saturated heterocycles. The van der Waals surface area contributed by atoms with E-state index >= 15 is 0 Å². The zero-order valence-electron chi connectivity index (χ0n) is 9.90. The number of fused-ring (bicyclic) bond motifs is 1. The molecule has 78 valence electrons. The third-order valence-corrected chi connectivity index (χ3v) is 3.64. The van der Waals surface area contributed by atoms with Crippen molar-refractivity contribution in [1.82, 2.24) is 0 Å². The molecule has 0 bridgehead atoms. The average Bonchev–Trinajstić information content (AvgIpc) is 2.44. The number of aryl methyl sites for hydroxylation is 1. The van der Waals surface area contributed by atoms with Gasteiger partial charge in [0.25, 0.3) is 0 Å². The molecule has 1 aromatic rings. The van der Waals surface area contributed by atoms with Gasteiger partial charge < -0.3 is 4.42 Å². The summed E-state index contributed by atoms with van der Waals surface area (Å²) in [7, 11) is 0. The van der Waals surface area contributed by atoms with Crippen LogP contribution in [-0.2, 0) is 10.8 Å². The lowest BCUT2D eigenvalue weighted by molar-refractivity contribution is 0.278. The van der Waals surface area contributed by atoms with E-state index in [0.29, 0.717) is 5.41 Å². The number of furan rings is 1. The molecule has 0 amide bonds. The van der Waals surface area contributed by atoms with Crippen molar-refractivity contribution in [2.24, 2.45) is 0 Å². The molecule has 1 nitrogen and oxygen atoms in total. The normalized spacial score (nSPS) is 23.2. The van der Waals surface area contributed by atoms with Gasteiger partial charge >= 0.3 is 0 Å². The van der Waals surface area contributed by atoms with Crippen LogP contribution in [-0.4, -0.2) is 0 Å². The maximum atomic E-state index is 5.74. The smallest absolute Gasteiger partial charge is 0.113 e. The molecule has 1 aliphatic rings. The van der Waals surface area contributed by atoms with Gasteiger partial charge in [0.15, 0.2) is 0 Å². The molecule has 1 heterocycles. The lowest BCUT2D eigenvalue weighted by Gasteiger charge is -2.38. The van der Waals surface area contributed by atoms with Crippen LogP contribution in [0.25, 0.3) is 0 Å². The lowest BCUT2D eigenvalue weighted by atomic mass is 9.65. The molecule has 1 heteroatoms. The zero-order valence-corrected chi connectivity index (χ0v) is 9.90. The Bertz CT molecular complexity index is 355. The van der Waals surface area contributed by atoms with Gasteiger partial charge in [0.05, 0.1) is 6.26 Å². The summed E-state index contributed by atoms with van der Waals surface area (Å²) in [5.41, 5.74) is 3.28. The first kappa shape index (κ1) is 9.82. The van der Waals surface area contributed by atoms with Crippen molar-refractivity contribution in [3.05, 3.63) is 23.2 Å². The van der Waals surface area contributed by atoms with Gasteiger partial charge in [0, 0.05) is 11.0 Å². The molecular formula is C13H20O. The van der Waals surface area contributed by atoms with Crippen molar-refractivity contribution < 1.29 is 4.42 Å². The number of hydrogen-bond donors (Lipinski definition) is 0. The van der Waals surface area contributed by atoms with Crippen LogP contribution in [0.4, 0.5) is 0 Å². The average molecular weight is 192 g/mol. The van der Waals surface area contributed by atoms with Crippen LogP contribution in [0.5, 0.6) is 0 Å². The fourth-order valence-corrected chi connectivity index (χ4v) is 2.65. The van der Waals surface area contributed by atoms with E-state index in [-0.39, 0.29) is 5.41 Å². The molecular weight excluding hydrogens is 172 g/mol. The highest BCUT2D eigenvalue weighted by Gasteiger charge is 2.40. The third kappa shape index (κ3) is 1.22. The Morgan fingerprint density at radius 3 is 2.21 bits per heavy atom. The van der Waals surface area contributed by atoms with Gasteiger partial charge in [-0.05, 0) is 30.7 Å². The highest BCUT2D eigenvalue weighted by atomic mass is 16.3. The summed E-state index contributed by atoms with van der Waals surface area (Å²) in [4.78, 5) is 0. The monoisotopic (exact) mass is 192 g/mol. The van der Waals surface area contributed by atoms with Gasteiger partial charge in [-0.1, -0.05) is 27.7 Å². The Labute approximate surface area is 86.5 Å². The second kappa shape index (κ2) is 2.65. The van der Waals surface area contributed by atoms with E-state index in [9.17, 15) is 0 Å². The molecule has 0 N–H and O–H groups in total. The van der Waals surface area contributed by atoms with Gasteiger partial charge in [-0.2, -0.15) is 0 Å². The second-order valence-electron chi connectivity index (χ2n) is 5.89. The number of hydrogen-bond acceptors (Lipinski definition) is 1. The summed E-state index contributed by atoms with van der Waals surface area (Å²) >= 11 is 0. The van der Waals surface area contributed by atoms with Crippen molar-refractivity contribution in [2.45, 2.75) is 58.3 Å². The topological polar surface area (TPSA) is 13.1 Å². The minimum atomic E-state index is 0.221. The van der Waals surface area contributed by atoms with Crippen LogP contribution in [0, 0.1) is 6.92 Å². The fourth-order valence-electron chi connectivity index (χ4n) is 2.65. The van der Waals surface area contributed by atoms with E-state index in [4.69, 9.17) is 4.42 Å². The molecule has 1 aliphatic carbocycles. The van der Waals surface area contributed by atoms with Crippen LogP contribution in [0.2, 0.25) is 0 Å². The fraction of sp³-hybridized carbons (Fsp3) is 0.692. The predicted octanol–water partition coefficient (Wildman–Crippen LogP) is 3.94. The SMILES string of the molecule is Cc1coc2c1C(C)(C)CCC2(C)C. The van der Waals surface area contributed by atoms with Gasteiger partial charge in [-0.15, -0.1) is 0 Å². The van der Waals surface area contributed by atoms with Gasteiger partial charge in [-0.25, -0.2) is 0 Å². The van der Waals surface area contributed by atoms with Crippen LogP contribution < -0.4 is 0 Å². The van der Waals surface area contributed by atoms with Crippen LogP contribution >= 0.6 is 0 Å². The second-order valence-corrected chi connectivity index (χ2v) is 5.89. The maximum Gasteiger partial charge on any atom is 0.113 e. The van der Waals surface area contributed by atoms with Crippen molar-refractivity contribution in [1.29, 1.82) is 0 Å². The molecule has 0 atom stereocenters. The van der Waals surface area contributed by atoms with E-state index in [1.54, 1.807) is 0 Å².